The molecule has 0 spiro atoms. The van der Waals surface area contributed by atoms with Crippen LogP contribution in [-0.4, -0.2) is 36.1 Å². The first-order valence-corrected chi connectivity index (χ1v) is 9.49. The highest BCUT2D eigenvalue weighted by Gasteiger charge is 2.28. The van der Waals surface area contributed by atoms with Crippen molar-refractivity contribution in [3.05, 3.63) is 23.7 Å². The maximum atomic E-state index is 12.3. The van der Waals surface area contributed by atoms with Gasteiger partial charge < -0.3 is 15.1 Å². The summed E-state index contributed by atoms with van der Waals surface area (Å²) in [6.45, 7) is 6.05. The summed E-state index contributed by atoms with van der Waals surface area (Å²) in [5, 5.41) is 6.15. The molecule has 5 nitrogen and oxygen atoms in total. The first kappa shape index (κ1) is 17.3. The van der Waals surface area contributed by atoms with Crippen molar-refractivity contribution in [2.24, 2.45) is 0 Å². The van der Waals surface area contributed by atoms with Crippen LogP contribution in [0.15, 0.2) is 16.5 Å². The molecule has 24 heavy (non-hydrogen) atoms. The van der Waals surface area contributed by atoms with E-state index in [2.05, 4.69) is 15.5 Å². The molecule has 1 aromatic rings. The summed E-state index contributed by atoms with van der Waals surface area (Å²) in [6, 6.07) is 4.63. The highest BCUT2D eigenvalue weighted by molar-refractivity contribution is 5.74. The number of hydrogen-bond acceptors (Lipinski definition) is 3. The van der Waals surface area contributed by atoms with E-state index in [-0.39, 0.29) is 18.1 Å². The number of aryl methyl sites for hydroxylation is 1. The van der Waals surface area contributed by atoms with Crippen LogP contribution >= 0.6 is 0 Å². The van der Waals surface area contributed by atoms with Crippen molar-refractivity contribution in [1.82, 2.24) is 15.5 Å². The number of amides is 2. The second kappa shape index (κ2) is 8.06. The van der Waals surface area contributed by atoms with E-state index in [1.54, 1.807) is 0 Å². The number of urea groups is 1. The number of hydrogen-bond donors (Lipinski definition) is 2. The van der Waals surface area contributed by atoms with Gasteiger partial charge in [0.1, 0.15) is 11.5 Å². The molecule has 1 aliphatic carbocycles. The maximum absolute atomic E-state index is 12.3. The van der Waals surface area contributed by atoms with Crippen LogP contribution in [-0.2, 0) is 0 Å². The van der Waals surface area contributed by atoms with E-state index in [1.165, 1.54) is 45.1 Å². The molecule has 1 saturated carbocycles. The molecule has 2 heterocycles. The van der Waals surface area contributed by atoms with Gasteiger partial charge in [-0.3, -0.25) is 4.90 Å². The fourth-order valence-corrected chi connectivity index (χ4v) is 4.08. The third kappa shape index (κ3) is 4.53. The Labute approximate surface area is 145 Å². The second-order valence-electron chi connectivity index (χ2n) is 7.41. The predicted octanol–water partition coefficient (Wildman–Crippen LogP) is 3.75. The number of furan rings is 1. The van der Waals surface area contributed by atoms with Crippen LogP contribution in [0.2, 0.25) is 0 Å². The molecule has 1 aliphatic heterocycles. The van der Waals surface area contributed by atoms with Gasteiger partial charge in [-0.15, -0.1) is 0 Å². The maximum Gasteiger partial charge on any atom is 0.315 e. The van der Waals surface area contributed by atoms with Crippen molar-refractivity contribution in [3.63, 3.8) is 0 Å². The van der Waals surface area contributed by atoms with Gasteiger partial charge in [-0.1, -0.05) is 19.3 Å². The minimum absolute atomic E-state index is 0.0907. The molecule has 134 valence electrons. The van der Waals surface area contributed by atoms with E-state index < -0.39 is 0 Å². The summed E-state index contributed by atoms with van der Waals surface area (Å²) < 4.78 is 5.58. The van der Waals surface area contributed by atoms with Crippen LogP contribution < -0.4 is 10.6 Å². The summed E-state index contributed by atoms with van der Waals surface area (Å²) in [6.07, 6.45) is 9.01. The fraction of sp³-hybridized carbons (Fsp3) is 0.737. The largest absolute Gasteiger partial charge is 0.464 e. The lowest BCUT2D eigenvalue weighted by Crippen LogP contribution is -2.53. The van der Waals surface area contributed by atoms with Crippen molar-refractivity contribution in [1.29, 1.82) is 0 Å². The molecule has 1 aromatic heterocycles. The monoisotopic (exact) mass is 333 g/mol. The van der Waals surface area contributed by atoms with Crippen LogP contribution in [0.4, 0.5) is 4.79 Å². The van der Waals surface area contributed by atoms with E-state index in [0.717, 1.165) is 30.5 Å². The van der Waals surface area contributed by atoms with Gasteiger partial charge in [-0.2, -0.15) is 0 Å². The third-order valence-corrected chi connectivity index (χ3v) is 5.41. The quantitative estimate of drug-likeness (QED) is 0.882. The van der Waals surface area contributed by atoms with Crippen molar-refractivity contribution in [2.75, 3.05) is 13.1 Å². The second-order valence-corrected chi connectivity index (χ2v) is 7.41. The number of piperidine rings is 1. The number of carbonyl (C=O) groups excluding carboxylic acids is 1. The summed E-state index contributed by atoms with van der Waals surface area (Å²) in [4.78, 5) is 14.9. The molecule has 2 amide bonds. The average Bonchev–Trinajstić information content (AvgIpc) is 3.02. The number of likely N-dealkylation sites (tertiary alicyclic amines) is 1. The summed E-state index contributed by atoms with van der Waals surface area (Å²) in [5.74, 6) is 1.67. The molecule has 2 aliphatic rings. The van der Waals surface area contributed by atoms with Gasteiger partial charge in [0.2, 0.25) is 0 Å². The molecule has 2 atom stereocenters. The van der Waals surface area contributed by atoms with Gasteiger partial charge >= 0.3 is 6.03 Å². The standard InChI is InChI=1S/C19H31N3O2/c1-14-10-11-18(24-14)15(2)20-19(23)21-16-7-6-12-22(13-16)17-8-4-3-5-9-17/h10-11,15-17H,3-9,12-13H2,1-2H3,(H2,20,21,23). The minimum atomic E-state index is -0.114. The number of nitrogens with one attached hydrogen (secondary N) is 2. The Morgan fingerprint density at radius 2 is 2.00 bits per heavy atom. The van der Waals surface area contributed by atoms with Crippen LogP contribution in [0.25, 0.3) is 0 Å². The van der Waals surface area contributed by atoms with Crippen LogP contribution in [0.3, 0.4) is 0 Å². The zero-order chi connectivity index (χ0) is 16.9. The topological polar surface area (TPSA) is 57.5 Å². The Morgan fingerprint density at radius 1 is 1.21 bits per heavy atom. The zero-order valence-electron chi connectivity index (χ0n) is 15.0. The van der Waals surface area contributed by atoms with Crippen molar-refractivity contribution in [3.8, 4) is 0 Å². The Hall–Kier alpha value is -1.49. The van der Waals surface area contributed by atoms with Crippen LogP contribution in [0, 0.1) is 6.92 Å². The highest BCUT2D eigenvalue weighted by Crippen LogP contribution is 2.25. The van der Waals surface area contributed by atoms with Gasteiger partial charge in [0.25, 0.3) is 0 Å². The summed E-state index contributed by atoms with van der Waals surface area (Å²) in [7, 11) is 0. The van der Waals surface area contributed by atoms with E-state index in [4.69, 9.17) is 4.42 Å². The molecule has 2 unspecified atom stereocenters. The van der Waals surface area contributed by atoms with Crippen LogP contribution in [0.5, 0.6) is 0 Å². The Kier molecular flexibility index (Phi) is 5.82. The van der Waals surface area contributed by atoms with E-state index in [9.17, 15) is 4.79 Å². The lowest BCUT2D eigenvalue weighted by Gasteiger charge is -2.40. The van der Waals surface area contributed by atoms with Gasteiger partial charge in [-0.25, -0.2) is 4.79 Å². The fourth-order valence-electron chi connectivity index (χ4n) is 4.08. The van der Waals surface area contributed by atoms with Gasteiger partial charge in [0.15, 0.2) is 0 Å². The van der Waals surface area contributed by atoms with Gasteiger partial charge in [-0.05, 0) is 58.2 Å². The smallest absolute Gasteiger partial charge is 0.315 e. The third-order valence-electron chi connectivity index (χ3n) is 5.41. The normalized spacial score (nSPS) is 24.5. The molecule has 0 aromatic carbocycles. The van der Waals surface area contributed by atoms with Gasteiger partial charge in [0.05, 0.1) is 6.04 Å². The molecule has 3 rings (SSSR count). The molecule has 0 radical (unpaired) electrons. The Morgan fingerprint density at radius 3 is 2.71 bits per heavy atom. The highest BCUT2D eigenvalue weighted by atomic mass is 16.3. The number of carbonyl (C=O) groups is 1. The van der Waals surface area contributed by atoms with Crippen molar-refractivity contribution >= 4 is 6.03 Å². The molecular weight excluding hydrogens is 302 g/mol. The minimum Gasteiger partial charge on any atom is -0.464 e. The zero-order valence-corrected chi connectivity index (χ0v) is 15.0. The van der Waals surface area contributed by atoms with Gasteiger partial charge in [0, 0.05) is 18.6 Å². The lowest BCUT2D eigenvalue weighted by atomic mass is 9.92. The predicted molar refractivity (Wildman–Crippen MR) is 95.0 cm³/mol. The molecule has 0 bridgehead atoms. The van der Waals surface area contributed by atoms with E-state index >= 15 is 0 Å². The first-order valence-electron chi connectivity index (χ1n) is 9.49. The van der Waals surface area contributed by atoms with Crippen LogP contribution in [0.1, 0.15) is 69.4 Å². The number of rotatable bonds is 4. The lowest BCUT2D eigenvalue weighted by molar-refractivity contribution is 0.112. The molecule has 2 N–H and O–H groups in total. The average molecular weight is 333 g/mol. The molecule has 2 fully saturated rings. The molecule has 1 saturated heterocycles. The summed E-state index contributed by atoms with van der Waals surface area (Å²) >= 11 is 0. The number of nitrogens with zero attached hydrogens (tertiary/aromatic N) is 1. The SMILES string of the molecule is Cc1ccc(C(C)NC(=O)NC2CCCN(C3CCCCC3)C2)o1. The molecule has 5 heteroatoms. The summed E-state index contributed by atoms with van der Waals surface area (Å²) in [5.41, 5.74) is 0. The van der Waals surface area contributed by atoms with E-state index in [0.29, 0.717) is 0 Å². The molecular formula is C19H31N3O2. The van der Waals surface area contributed by atoms with Crippen molar-refractivity contribution < 1.29 is 9.21 Å². The van der Waals surface area contributed by atoms with E-state index in [1.807, 2.05) is 26.0 Å². The van der Waals surface area contributed by atoms with Crippen molar-refractivity contribution in [2.45, 2.75) is 76.9 Å². The Balaban J connectivity index is 1.46. The Bertz CT molecular complexity index is 536. The first-order chi connectivity index (χ1) is 11.6.